The van der Waals surface area contributed by atoms with Crippen molar-refractivity contribution in [1.29, 1.82) is 0 Å². The Balaban J connectivity index is 2.38. The quantitative estimate of drug-likeness (QED) is 0.846. The predicted molar refractivity (Wildman–Crippen MR) is 49.0 cm³/mol. The number of nitrogens with two attached hydrogens (primary N) is 1. The molecule has 1 aromatic heterocycles. The van der Waals surface area contributed by atoms with Crippen molar-refractivity contribution in [3.63, 3.8) is 0 Å². The van der Waals surface area contributed by atoms with Crippen LogP contribution in [-0.4, -0.2) is 17.5 Å². The summed E-state index contributed by atoms with van der Waals surface area (Å²) >= 11 is 0. The Morgan fingerprint density at radius 1 is 1.53 bits per heavy atom. The minimum atomic E-state index is -4.56. The number of aromatic nitrogens is 1. The highest BCUT2D eigenvalue weighted by atomic mass is 19.4. The number of ether oxygens (including phenoxy) is 1. The molecule has 0 aliphatic rings. The first kappa shape index (κ1) is 12.1. The van der Waals surface area contributed by atoms with Crippen LogP contribution < -0.4 is 5.73 Å². The van der Waals surface area contributed by atoms with Crippen LogP contribution in [0, 0.1) is 0 Å². The van der Waals surface area contributed by atoms with Gasteiger partial charge in [-0.25, -0.2) is 0 Å². The summed E-state index contributed by atoms with van der Waals surface area (Å²) in [6.07, 6.45) is -1.17. The van der Waals surface area contributed by atoms with E-state index < -0.39 is 13.0 Å². The van der Waals surface area contributed by atoms with Gasteiger partial charge in [0, 0.05) is 25.0 Å². The van der Waals surface area contributed by atoms with E-state index in [0.29, 0.717) is 0 Å². The Morgan fingerprint density at radius 3 is 2.67 bits per heavy atom. The van der Waals surface area contributed by atoms with Gasteiger partial charge in [-0.2, -0.15) is 0 Å². The molecule has 0 saturated heterocycles. The van der Waals surface area contributed by atoms with E-state index in [1.54, 1.807) is 23.0 Å². The second-order valence-corrected chi connectivity index (χ2v) is 3.27. The fourth-order valence-corrected chi connectivity index (χ4v) is 1.13. The summed E-state index contributed by atoms with van der Waals surface area (Å²) in [7, 11) is 0. The Bertz CT molecular complexity index is 307. The maximum Gasteiger partial charge on any atom is 0.522 e. The summed E-state index contributed by atoms with van der Waals surface area (Å²) in [6.45, 7) is 1.58. The lowest BCUT2D eigenvalue weighted by Crippen LogP contribution is -2.17. The number of alkyl halides is 3. The van der Waals surface area contributed by atoms with Crippen LogP contribution in [0.5, 0.6) is 0 Å². The molecule has 15 heavy (non-hydrogen) atoms. The van der Waals surface area contributed by atoms with E-state index in [9.17, 15) is 13.2 Å². The summed E-state index contributed by atoms with van der Waals surface area (Å²) < 4.78 is 40.2. The molecule has 3 nitrogen and oxygen atoms in total. The predicted octanol–water partition coefficient (Wildman–Crippen LogP) is 2.04. The minimum Gasteiger partial charge on any atom is -0.352 e. The summed E-state index contributed by atoms with van der Waals surface area (Å²) in [4.78, 5) is 0. The molecule has 0 aliphatic heterocycles. The lowest BCUT2D eigenvalue weighted by Gasteiger charge is -2.07. The van der Waals surface area contributed by atoms with Crippen LogP contribution in [0.1, 0.15) is 18.5 Å². The number of rotatable bonds is 4. The van der Waals surface area contributed by atoms with Crippen molar-refractivity contribution >= 4 is 0 Å². The number of nitrogens with zero attached hydrogens (tertiary/aromatic N) is 1. The molecule has 0 aliphatic carbocycles. The molecule has 1 heterocycles. The molecule has 6 heteroatoms. The van der Waals surface area contributed by atoms with Crippen molar-refractivity contribution < 1.29 is 17.9 Å². The number of halogens is 3. The van der Waals surface area contributed by atoms with Gasteiger partial charge >= 0.3 is 6.36 Å². The highest BCUT2D eigenvalue weighted by Crippen LogP contribution is 2.16. The number of hydrogen-bond donors (Lipinski definition) is 1. The third-order valence-electron chi connectivity index (χ3n) is 1.91. The Hall–Kier alpha value is -1.01. The summed E-state index contributed by atoms with van der Waals surface area (Å²) in [6, 6.07) is 1.66. The van der Waals surface area contributed by atoms with E-state index in [4.69, 9.17) is 5.73 Å². The molecule has 1 rings (SSSR count). The van der Waals surface area contributed by atoms with Crippen LogP contribution in [0.25, 0.3) is 0 Å². The standard InChI is InChI=1S/C9H13F3N2O/c1-7(13)8-2-3-14(6-8)4-5-15-9(10,11)12/h2-3,6-7H,4-5,13H2,1H3. The van der Waals surface area contributed by atoms with Crippen LogP contribution in [0.15, 0.2) is 18.5 Å². The van der Waals surface area contributed by atoms with Crippen molar-refractivity contribution in [3.8, 4) is 0 Å². The molecule has 1 unspecified atom stereocenters. The van der Waals surface area contributed by atoms with Gasteiger partial charge in [0.25, 0.3) is 0 Å². The first-order valence-electron chi connectivity index (χ1n) is 4.50. The minimum absolute atomic E-state index is 0.116. The summed E-state index contributed by atoms with van der Waals surface area (Å²) in [5, 5.41) is 0. The maximum atomic E-state index is 11.6. The fraction of sp³-hybridized carbons (Fsp3) is 0.556. The van der Waals surface area contributed by atoms with Crippen LogP contribution in [0.2, 0.25) is 0 Å². The second-order valence-electron chi connectivity index (χ2n) is 3.27. The van der Waals surface area contributed by atoms with E-state index in [0.717, 1.165) is 5.56 Å². The molecular formula is C9H13F3N2O. The molecule has 0 saturated carbocycles. The van der Waals surface area contributed by atoms with Crippen LogP contribution in [0.4, 0.5) is 13.2 Å². The van der Waals surface area contributed by atoms with E-state index in [2.05, 4.69) is 4.74 Å². The Kier molecular flexibility index (Phi) is 3.76. The van der Waals surface area contributed by atoms with E-state index in [-0.39, 0.29) is 12.6 Å². The molecule has 0 bridgehead atoms. The monoisotopic (exact) mass is 222 g/mol. The van der Waals surface area contributed by atoms with Crippen LogP contribution in [0.3, 0.4) is 0 Å². The lowest BCUT2D eigenvalue weighted by molar-refractivity contribution is -0.325. The number of hydrogen-bond acceptors (Lipinski definition) is 2. The van der Waals surface area contributed by atoms with Gasteiger partial charge < -0.3 is 10.3 Å². The van der Waals surface area contributed by atoms with Gasteiger partial charge in [-0.05, 0) is 18.6 Å². The van der Waals surface area contributed by atoms with Gasteiger partial charge in [-0.15, -0.1) is 13.2 Å². The smallest absolute Gasteiger partial charge is 0.352 e. The molecule has 2 N–H and O–H groups in total. The molecule has 0 aromatic carbocycles. The Labute approximate surface area is 85.6 Å². The molecule has 1 atom stereocenters. The van der Waals surface area contributed by atoms with E-state index in [1.807, 2.05) is 6.92 Å². The summed E-state index contributed by atoms with van der Waals surface area (Å²) in [5.41, 5.74) is 6.49. The Morgan fingerprint density at radius 2 is 2.20 bits per heavy atom. The third kappa shape index (κ3) is 4.35. The van der Waals surface area contributed by atoms with Crippen molar-refractivity contribution in [1.82, 2.24) is 4.57 Å². The zero-order chi connectivity index (χ0) is 11.5. The van der Waals surface area contributed by atoms with E-state index >= 15 is 0 Å². The molecular weight excluding hydrogens is 209 g/mol. The van der Waals surface area contributed by atoms with Gasteiger partial charge in [0.2, 0.25) is 0 Å². The van der Waals surface area contributed by atoms with Crippen LogP contribution in [-0.2, 0) is 11.3 Å². The third-order valence-corrected chi connectivity index (χ3v) is 1.91. The first-order valence-corrected chi connectivity index (χ1v) is 4.50. The molecule has 86 valence electrons. The van der Waals surface area contributed by atoms with Gasteiger partial charge in [0.15, 0.2) is 0 Å². The van der Waals surface area contributed by atoms with Gasteiger partial charge in [0.05, 0.1) is 6.61 Å². The van der Waals surface area contributed by atoms with Crippen molar-refractivity contribution in [2.75, 3.05) is 6.61 Å². The molecule has 0 fully saturated rings. The van der Waals surface area contributed by atoms with Crippen molar-refractivity contribution in [2.24, 2.45) is 5.73 Å². The second kappa shape index (κ2) is 4.67. The molecule has 0 radical (unpaired) electrons. The van der Waals surface area contributed by atoms with Gasteiger partial charge in [-0.3, -0.25) is 4.74 Å². The maximum absolute atomic E-state index is 11.6. The van der Waals surface area contributed by atoms with Crippen LogP contribution >= 0.6 is 0 Å². The normalized spacial score (nSPS) is 14.2. The lowest BCUT2D eigenvalue weighted by atomic mass is 10.2. The van der Waals surface area contributed by atoms with E-state index in [1.165, 1.54) is 0 Å². The average molecular weight is 222 g/mol. The fourth-order valence-electron chi connectivity index (χ4n) is 1.13. The SMILES string of the molecule is CC(N)c1ccn(CCOC(F)(F)F)c1. The highest BCUT2D eigenvalue weighted by molar-refractivity contribution is 5.13. The zero-order valence-electron chi connectivity index (χ0n) is 8.29. The molecule has 0 spiro atoms. The zero-order valence-corrected chi connectivity index (χ0v) is 8.29. The largest absolute Gasteiger partial charge is 0.522 e. The topological polar surface area (TPSA) is 40.2 Å². The van der Waals surface area contributed by atoms with Gasteiger partial charge in [0.1, 0.15) is 0 Å². The average Bonchev–Trinajstić information content (AvgIpc) is 2.50. The first-order chi connectivity index (χ1) is 6.88. The van der Waals surface area contributed by atoms with Crippen molar-refractivity contribution in [3.05, 3.63) is 24.0 Å². The summed E-state index contributed by atoms with van der Waals surface area (Å²) in [5.74, 6) is 0. The highest BCUT2D eigenvalue weighted by Gasteiger charge is 2.28. The van der Waals surface area contributed by atoms with Crippen molar-refractivity contribution in [2.45, 2.75) is 25.9 Å². The molecule has 1 aromatic rings. The molecule has 0 amide bonds. The van der Waals surface area contributed by atoms with Gasteiger partial charge in [-0.1, -0.05) is 0 Å².